The van der Waals surface area contributed by atoms with Crippen LogP contribution in [0.2, 0.25) is 0 Å². The van der Waals surface area contributed by atoms with Crippen LogP contribution in [0.15, 0.2) is 0 Å². The molecule has 0 aromatic carbocycles. The Labute approximate surface area is 121 Å². The number of hydrogen-bond donors (Lipinski definition) is 1. The fourth-order valence-electron chi connectivity index (χ4n) is 3.75. The predicted octanol–water partition coefficient (Wildman–Crippen LogP) is 2.91. The number of piperidine rings is 1. The van der Waals surface area contributed by atoms with Crippen LogP contribution in [0.4, 0.5) is 0 Å². The van der Waals surface area contributed by atoms with Crippen molar-refractivity contribution < 1.29 is 14.7 Å². The van der Waals surface area contributed by atoms with Gasteiger partial charge in [-0.25, -0.2) is 0 Å². The first-order valence-corrected chi connectivity index (χ1v) is 8.04. The molecule has 2 aliphatic rings. The van der Waals surface area contributed by atoms with Crippen molar-refractivity contribution >= 4 is 11.9 Å². The second kappa shape index (κ2) is 6.59. The van der Waals surface area contributed by atoms with E-state index in [1.165, 1.54) is 6.42 Å². The van der Waals surface area contributed by atoms with Crippen molar-refractivity contribution in [2.24, 2.45) is 17.8 Å². The van der Waals surface area contributed by atoms with Crippen LogP contribution in [-0.2, 0) is 9.59 Å². The van der Waals surface area contributed by atoms with Crippen LogP contribution in [0.5, 0.6) is 0 Å². The van der Waals surface area contributed by atoms with Crippen LogP contribution in [-0.4, -0.2) is 34.5 Å². The number of carboxylic acids is 1. The van der Waals surface area contributed by atoms with Gasteiger partial charge in [-0.15, -0.1) is 0 Å². The molecular formula is C16H27NO3. The molecule has 0 bridgehead atoms. The maximum absolute atomic E-state index is 12.7. The molecule has 1 N–H and O–H groups in total. The summed E-state index contributed by atoms with van der Waals surface area (Å²) in [6.07, 6.45) is 6.26. The molecule has 2 fully saturated rings. The van der Waals surface area contributed by atoms with Crippen LogP contribution in [0.1, 0.15) is 58.8 Å². The first-order valence-electron chi connectivity index (χ1n) is 8.04. The van der Waals surface area contributed by atoms with E-state index in [-0.39, 0.29) is 17.7 Å². The Morgan fingerprint density at radius 3 is 2.15 bits per heavy atom. The van der Waals surface area contributed by atoms with Crippen molar-refractivity contribution in [2.75, 3.05) is 6.54 Å². The Hall–Kier alpha value is -1.06. The summed E-state index contributed by atoms with van der Waals surface area (Å²) in [4.78, 5) is 25.8. The quantitative estimate of drug-likeness (QED) is 0.865. The lowest BCUT2D eigenvalue weighted by Gasteiger charge is -2.41. The van der Waals surface area contributed by atoms with Crippen LogP contribution < -0.4 is 0 Å². The van der Waals surface area contributed by atoms with Gasteiger partial charge < -0.3 is 10.0 Å². The highest BCUT2D eigenvalue weighted by Crippen LogP contribution is 2.33. The van der Waals surface area contributed by atoms with Crippen molar-refractivity contribution in [1.82, 2.24) is 4.90 Å². The maximum atomic E-state index is 12.7. The molecule has 0 aromatic heterocycles. The molecule has 1 unspecified atom stereocenters. The molecule has 0 aromatic rings. The second-order valence-corrected chi connectivity index (χ2v) is 6.73. The van der Waals surface area contributed by atoms with Gasteiger partial charge in [0.05, 0.1) is 5.92 Å². The van der Waals surface area contributed by atoms with E-state index in [4.69, 9.17) is 5.11 Å². The monoisotopic (exact) mass is 281 g/mol. The topological polar surface area (TPSA) is 57.6 Å². The Kier molecular flexibility index (Phi) is 5.06. The van der Waals surface area contributed by atoms with E-state index in [0.717, 1.165) is 32.2 Å². The summed E-state index contributed by atoms with van der Waals surface area (Å²) in [7, 11) is 0. The van der Waals surface area contributed by atoms with Crippen LogP contribution in [0.25, 0.3) is 0 Å². The van der Waals surface area contributed by atoms with Crippen molar-refractivity contribution in [1.29, 1.82) is 0 Å². The third-order valence-corrected chi connectivity index (χ3v) is 5.03. The number of hydrogen-bond acceptors (Lipinski definition) is 2. The fourth-order valence-corrected chi connectivity index (χ4v) is 3.75. The zero-order valence-corrected chi connectivity index (χ0v) is 12.7. The highest BCUT2D eigenvalue weighted by Gasteiger charge is 2.36. The Balaban J connectivity index is 1.95. The van der Waals surface area contributed by atoms with Gasteiger partial charge in [0.1, 0.15) is 0 Å². The molecule has 1 atom stereocenters. The van der Waals surface area contributed by atoms with E-state index in [1.54, 1.807) is 0 Å². The number of aliphatic carboxylic acids is 1. The fraction of sp³-hybridized carbons (Fsp3) is 0.875. The first-order chi connectivity index (χ1) is 9.50. The van der Waals surface area contributed by atoms with E-state index in [1.807, 2.05) is 0 Å². The van der Waals surface area contributed by atoms with E-state index in [9.17, 15) is 9.59 Å². The molecule has 4 heteroatoms. The number of carbonyl (C=O) groups is 2. The minimum atomic E-state index is -0.700. The molecule has 2 rings (SSSR count). The van der Waals surface area contributed by atoms with Gasteiger partial charge in [-0.3, -0.25) is 9.59 Å². The van der Waals surface area contributed by atoms with Crippen molar-refractivity contribution in [2.45, 2.75) is 64.8 Å². The minimum absolute atomic E-state index is 0.0601. The summed E-state index contributed by atoms with van der Waals surface area (Å²) < 4.78 is 0. The number of nitrogens with zero attached hydrogens (tertiary/aromatic N) is 1. The Bertz CT molecular complexity index is 359. The number of amides is 1. The molecule has 0 spiro atoms. The summed E-state index contributed by atoms with van der Waals surface area (Å²) in [6, 6.07) is 0.383. The molecular weight excluding hydrogens is 254 g/mol. The lowest BCUT2D eigenvalue weighted by molar-refractivity contribution is -0.147. The lowest BCUT2D eigenvalue weighted by Crippen LogP contribution is -2.49. The van der Waals surface area contributed by atoms with Gasteiger partial charge in [-0.05, 0) is 50.9 Å². The Morgan fingerprint density at radius 1 is 1.00 bits per heavy atom. The molecule has 4 nitrogen and oxygen atoms in total. The van der Waals surface area contributed by atoms with Crippen molar-refractivity contribution in [3.05, 3.63) is 0 Å². The summed E-state index contributed by atoms with van der Waals surface area (Å²) in [6.45, 7) is 5.27. The molecule has 0 radical (unpaired) electrons. The number of carboxylic acid groups (broad SMARTS) is 1. The summed E-state index contributed by atoms with van der Waals surface area (Å²) in [5, 5.41) is 9.03. The van der Waals surface area contributed by atoms with Gasteiger partial charge in [0, 0.05) is 18.5 Å². The van der Waals surface area contributed by atoms with E-state index < -0.39 is 5.97 Å². The predicted molar refractivity (Wildman–Crippen MR) is 77.3 cm³/mol. The second-order valence-electron chi connectivity index (χ2n) is 6.73. The van der Waals surface area contributed by atoms with Gasteiger partial charge in [0.2, 0.25) is 5.91 Å². The highest BCUT2D eigenvalue weighted by atomic mass is 16.4. The van der Waals surface area contributed by atoms with E-state index in [2.05, 4.69) is 18.7 Å². The van der Waals surface area contributed by atoms with Crippen LogP contribution >= 0.6 is 0 Å². The largest absolute Gasteiger partial charge is 0.481 e. The molecule has 114 valence electrons. The third kappa shape index (κ3) is 3.33. The normalized spacial score (nSPS) is 31.4. The van der Waals surface area contributed by atoms with Gasteiger partial charge in [-0.2, -0.15) is 0 Å². The van der Waals surface area contributed by atoms with Gasteiger partial charge in [0.25, 0.3) is 0 Å². The third-order valence-electron chi connectivity index (χ3n) is 5.03. The average molecular weight is 281 g/mol. The van der Waals surface area contributed by atoms with Gasteiger partial charge in [-0.1, -0.05) is 13.8 Å². The SMILES string of the molecule is CC(C)C1CCCCN1C(=O)C1CCC(C(=O)O)CC1. The van der Waals surface area contributed by atoms with Crippen LogP contribution in [0, 0.1) is 17.8 Å². The van der Waals surface area contributed by atoms with E-state index >= 15 is 0 Å². The number of rotatable bonds is 3. The molecule has 1 amide bonds. The molecule has 1 aliphatic carbocycles. The molecule has 1 saturated carbocycles. The smallest absolute Gasteiger partial charge is 0.306 e. The number of likely N-dealkylation sites (tertiary alicyclic amines) is 1. The molecule has 1 heterocycles. The lowest BCUT2D eigenvalue weighted by atomic mass is 9.80. The standard InChI is InChI=1S/C16H27NO3/c1-11(2)14-5-3-4-10-17(14)15(18)12-6-8-13(9-7-12)16(19)20/h11-14H,3-10H2,1-2H3,(H,19,20). The van der Waals surface area contributed by atoms with E-state index in [0.29, 0.717) is 24.8 Å². The Morgan fingerprint density at radius 2 is 1.60 bits per heavy atom. The zero-order chi connectivity index (χ0) is 14.7. The molecule has 1 saturated heterocycles. The number of carbonyl (C=O) groups excluding carboxylic acids is 1. The highest BCUT2D eigenvalue weighted by molar-refractivity contribution is 5.80. The van der Waals surface area contributed by atoms with Gasteiger partial charge >= 0.3 is 5.97 Å². The molecule has 20 heavy (non-hydrogen) atoms. The molecule has 1 aliphatic heterocycles. The summed E-state index contributed by atoms with van der Waals surface area (Å²) in [5.41, 5.74) is 0. The van der Waals surface area contributed by atoms with Gasteiger partial charge in [0.15, 0.2) is 0 Å². The average Bonchev–Trinajstić information content (AvgIpc) is 2.46. The first kappa shape index (κ1) is 15.3. The maximum Gasteiger partial charge on any atom is 0.306 e. The van der Waals surface area contributed by atoms with Crippen LogP contribution in [0.3, 0.4) is 0 Å². The summed E-state index contributed by atoms with van der Waals surface area (Å²) >= 11 is 0. The van der Waals surface area contributed by atoms with Crippen molar-refractivity contribution in [3.8, 4) is 0 Å². The zero-order valence-electron chi connectivity index (χ0n) is 12.7. The summed E-state index contributed by atoms with van der Waals surface area (Å²) in [5.74, 6) is -0.0815. The minimum Gasteiger partial charge on any atom is -0.481 e. The van der Waals surface area contributed by atoms with Crippen molar-refractivity contribution in [3.63, 3.8) is 0 Å².